The Morgan fingerprint density at radius 3 is 1.60 bits per heavy atom. The zero-order valence-corrected chi connectivity index (χ0v) is 17.3. The lowest BCUT2D eigenvalue weighted by Gasteiger charge is -2.07. The molecular formula is C26H24O4. The van der Waals surface area contributed by atoms with Crippen LogP contribution in [0, 0.1) is 13.8 Å². The summed E-state index contributed by atoms with van der Waals surface area (Å²) in [6, 6.07) is 22.7. The first-order valence-corrected chi connectivity index (χ1v) is 9.81. The topological polar surface area (TPSA) is 63.6 Å². The number of carboxylic acid groups (broad SMARTS) is 1. The fraction of sp³-hybridized carbons (Fsp3) is 0.154. The van der Waals surface area contributed by atoms with Crippen molar-refractivity contribution < 1.29 is 19.4 Å². The molecule has 0 amide bonds. The van der Waals surface area contributed by atoms with E-state index >= 15 is 0 Å². The van der Waals surface area contributed by atoms with Crippen LogP contribution in [0.1, 0.15) is 38.8 Å². The van der Waals surface area contributed by atoms with Crippen molar-refractivity contribution >= 4 is 33.5 Å². The smallest absolute Gasteiger partial charge is 0.338 e. The number of carboxylic acids is 1. The van der Waals surface area contributed by atoms with Gasteiger partial charge >= 0.3 is 11.9 Å². The maximum Gasteiger partial charge on any atom is 0.338 e. The lowest BCUT2D eigenvalue weighted by molar-refractivity contribution is 0.0528. The fourth-order valence-electron chi connectivity index (χ4n) is 3.47. The van der Waals surface area contributed by atoms with E-state index in [1.165, 1.54) is 5.56 Å². The molecule has 0 aliphatic carbocycles. The minimum atomic E-state index is -0.874. The summed E-state index contributed by atoms with van der Waals surface area (Å²) in [6.07, 6.45) is 0. The zero-order valence-electron chi connectivity index (χ0n) is 17.3. The van der Waals surface area contributed by atoms with Gasteiger partial charge in [-0.05, 0) is 65.6 Å². The van der Waals surface area contributed by atoms with Crippen molar-refractivity contribution in [2.75, 3.05) is 6.61 Å². The van der Waals surface area contributed by atoms with Crippen LogP contribution in [0.2, 0.25) is 0 Å². The number of aromatic carboxylic acids is 1. The van der Waals surface area contributed by atoms with Gasteiger partial charge in [0, 0.05) is 0 Å². The lowest BCUT2D eigenvalue weighted by atomic mass is 10.0. The highest BCUT2D eigenvalue weighted by Gasteiger charge is 2.11. The summed E-state index contributed by atoms with van der Waals surface area (Å²) >= 11 is 0. The van der Waals surface area contributed by atoms with Crippen molar-refractivity contribution in [1.29, 1.82) is 0 Å². The van der Waals surface area contributed by atoms with E-state index in [-0.39, 0.29) is 5.97 Å². The second kappa shape index (κ2) is 9.23. The van der Waals surface area contributed by atoms with Crippen LogP contribution in [0.25, 0.3) is 21.5 Å². The standard InChI is InChI=1S/C14H14O2.C12H10O2/c1-3-16-14(15)13-9-8-10(2)11-6-4-5-7-12(11)13;1-8-6-7-11(12(13)14)10-5-3-2-4-9(8)10/h4-9H,3H2,1-2H3;2-7H,1H3,(H,13,14). The highest BCUT2D eigenvalue weighted by atomic mass is 16.5. The predicted molar refractivity (Wildman–Crippen MR) is 120 cm³/mol. The van der Waals surface area contributed by atoms with Crippen molar-refractivity contribution in [2.24, 2.45) is 0 Å². The quantitative estimate of drug-likeness (QED) is 0.418. The molecule has 152 valence electrons. The molecule has 0 saturated heterocycles. The van der Waals surface area contributed by atoms with Crippen LogP contribution in [-0.4, -0.2) is 23.7 Å². The summed E-state index contributed by atoms with van der Waals surface area (Å²) < 4.78 is 5.04. The number of benzene rings is 4. The number of rotatable bonds is 3. The van der Waals surface area contributed by atoms with E-state index in [1.54, 1.807) is 6.07 Å². The molecule has 4 heteroatoms. The first-order valence-electron chi connectivity index (χ1n) is 9.81. The van der Waals surface area contributed by atoms with Crippen LogP contribution in [-0.2, 0) is 4.74 Å². The molecule has 4 rings (SSSR count). The minimum Gasteiger partial charge on any atom is -0.478 e. The molecule has 1 N–H and O–H groups in total. The molecule has 30 heavy (non-hydrogen) atoms. The summed E-state index contributed by atoms with van der Waals surface area (Å²) in [6.45, 7) is 6.24. The van der Waals surface area contributed by atoms with Gasteiger partial charge in [-0.3, -0.25) is 0 Å². The van der Waals surface area contributed by atoms with Crippen molar-refractivity contribution in [1.82, 2.24) is 0 Å². The summed E-state index contributed by atoms with van der Waals surface area (Å²) in [5, 5.41) is 12.9. The van der Waals surface area contributed by atoms with E-state index in [9.17, 15) is 9.59 Å². The number of esters is 1. The third-order valence-electron chi connectivity index (χ3n) is 5.01. The third-order valence-corrected chi connectivity index (χ3v) is 5.01. The highest BCUT2D eigenvalue weighted by molar-refractivity contribution is 6.05. The molecule has 4 nitrogen and oxygen atoms in total. The molecule has 0 saturated carbocycles. The van der Waals surface area contributed by atoms with Crippen LogP contribution in [0.3, 0.4) is 0 Å². The van der Waals surface area contributed by atoms with E-state index < -0.39 is 5.97 Å². The van der Waals surface area contributed by atoms with E-state index in [2.05, 4.69) is 0 Å². The fourth-order valence-corrected chi connectivity index (χ4v) is 3.47. The van der Waals surface area contributed by atoms with E-state index in [4.69, 9.17) is 9.84 Å². The number of hydrogen-bond donors (Lipinski definition) is 1. The molecule has 0 aromatic heterocycles. The minimum absolute atomic E-state index is 0.251. The third kappa shape index (κ3) is 4.33. The Morgan fingerprint density at radius 1 is 0.700 bits per heavy atom. The van der Waals surface area contributed by atoms with Gasteiger partial charge in [-0.25, -0.2) is 9.59 Å². The van der Waals surface area contributed by atoms with Gasteiger partial charge in [0.1, 0.15) is 0 Å². The second-order valence-corrected chi connectivity index (χ2v) is 6.98. The maximum atomic E-state index is 11.7. The Bertz CT molecular complexity index is 1220. The van der Waals surface area contributed by atoms with E-state index in [1.807, 2.05) is 87.5 Å². The molecule has 0 unspecified atom stereocenters. The second-order valence-electron chi connectivity index (χ2n) is 6.98. The van der Waals surface area contributed by atoms with Crippen LogP contribution in [0.5, 0.6) is 0 Å². The van der Waals surface area contributed by atoms with E-state index in [0.717, 1.165) is 27.1 Å². The molecule has 4 aromatic carbocycles. The molecule has 0 spiro atoms. The maximum absolute atomic E-state index is 11.7. The van der Waals surface area contributed by atoms with Crippen molar-refractivity contribution in [3.05, 3.63) is 95.1 Å². The van der Waals surface area contributed by atoms with Crippen molar-refractivity contribution in [3.63, 3.8) is 0 Å². The predicted octanol–water partition coefficient (Wildman–Crippen LogP) is 6.17. The normalized spacial score (nSPS) is 10.4. The zero-order chi connectivity index (χ0) is 21.7. The number of fused-ring (bicyclic) bond motifs is 2. The Hall–Kier alpha value is -3.66. The van der Waals surface area contributed by atoms with Crippen LogP contribution in [0.15, 0.2) is 72.8 Å². The van der Waals surface area contributed by atoms with Gasteiger partial charge in [-0.2, -0.15) is 0 Å². The number of aryl methyl sites for hydroxylation is 2. The first kappa shape index (κ1) is 21.1. The van der Waals surface area contributed by atoms with Crippen LogP contribution in [0.4, 0.5) is 0 Å². The molecular weight excluding hydrogens is 376 g/mol. The molecule has 0 aliphatic heterocycles. The molecule has 0 atom stereocenters. The summed E-state index contributed by atoms with van der Waals surface area (Å²) in [7, 11) is 0. The van der Waals surface area contributed by atoms with E-state index in [0.29, 0.717) is 17.7 Å². The number of ether oxygens (including phenoxy) is 1. The molecule has 0 radical (unpaired) electrons. The Balaban J connectivity index is 0.000000172. The first-order chi connectivity index (χ1) is 14.4. The summed E-state index contributed by atoms with van der Waals surface area (Å²) in [5.41, 5.74) is 3.28. The Kier molecular flexibility index (Phi) is 6.48. The van der Waals surface area contributed by atoms with Gasteiger partial charge < -0.3 is 9.84 Å². The summed E-state index contributed by atoms with van der Waals surface area (Å²) in [4.78, 5) is 22.7. The van der Waals surface area contributed by atoms with Gasteiger partial charge in [0.25, 0.3) is 0 Å². The molecule has 0 heterocycles. The Morgan fingerprint density at radius 2 is 1.13 bits per heavy atom. The molecule has 4 aromatic rings. The van der Waals surface area contributed by atoms with Gasteiger partial charge in [0.05, 0.1) is 17.7 Å². The van der Waals surface area contributed by atoms with Crippen molar-refractivity contribution in [2.45, 2.75) is 20.8 Å². The number of hydrogen-bond acceptors (Lipinski definition) is 3. The molecule has 0 aliphatic rings. The van der Waals surface area contributed by atoms with Gasteiger partial charge in [-0.15, -0.1) is 0 Å². The van der Waals surface area contributed by atoms with Gasteiger partial charge in [0.2, 0.25) is 0 Å². The monoisotopic (exact) mass is 400 g/mol. The largest absolute Gasteiger partial charge is 0.478 e. The average molecular weight is 400 g/mol. The van der Waals surface area contributed by atoms with Crippen molar-refractivity contribution in [3.8, 4) is 0 Å². The Labute approximate surface area is 175 Å². The summed E-state index contributed by atoms with van der Waals surface area (Å²) in [5.74, 6) is -1.13. The van der Waals surface area contributed by atoms with Gasteiger partial charge in [0.15, 0.2) is 0 Å². The van der Waals surface area contributed by atoms with Crippen LogP contribution < -0.4 is 0 Å². The molecule has 0 bridgehead atoms. The SMILES string of the molecule is CCOC(=O)c1ccc(C)c2ccccc12.Cc1ccc(C(=O)O)c2ccccc12. The van der Waals surface area contributed by atoms with Crippen LogP contribution >= 0.6 is 0 Å². The highest BCUT2D eigenvalue weighted by Crippen LogP contribution is 2.23. The lowest BCUT2D eigenvalue weighted by Crippen LogP contribution is -2.05. The number of carbonyl (C=O) groups excluding carboxylic acids is 1. The van der Waals surface area contributed by atoms with Gasteiger partial charge in [-0.1, -0.05) is 60.7 Å². The number of carbonyl (C=O) groups is 2. The molecule has 0 fully saturated rings. The average Bonchev–Trinajstić information content (AvgIpc) is 2.75.